The van der Waals surface area contributed by atoms with E-state index in [9.17, 15) is 22.8 Å². The maximum absolute atomic E-state index is 13.3. The number of furan rings is 1. The van der Waals surface area contributed by atoms with Crippen LogP contribution in [0.4, 0.5) is 13.2 Å². The fraction of sp³-hybridized carbons (Fsp3) is 0.400. The van der Waals surface area contributed by atoms with Crippen LogP contribution in [-0.4, -0.2) is 40.3 Å². The van der Waals surface area contributed by atoms with Crippen molar-refractivity contribution in [3.63, 3.8) is 0 Å². The summed E-state index contributed by atoms with van der Waals surface area (Å²) >= 11 is 0. The Morgan fingerprint density at radius 3 is 2.35 bits per heavy atom. The number of nitrogens with one attached hydrogen (secondary N) is 1. The quantitative estimate of drug-likeness (QED) is 0.558. The van der Waals surface area contributed by atoms with Gasteiger partial charge in [-0.25, -0.2) is 4.98 Å². The first kappa shape index (κ1) is 23.8. The first-order valence-corrected chi connectivity index (χ1v) is 10.9. The van der Waals surface area contributed by atoms with Crippen molar-refractivity contribution in [2.24, 2.45) is 0 Å². The number of fused-ring (bicyclic) bond motifs is 1. The molecule has 0 bridgehead atoms. The van der Waals surface area contributed by atoms with Gasteiger partial charge in [-0.05, 0) is 37.5 Å². The monoisotopic (exact) mass is 473 g/mol. The maximum atomic E-state index is 13.3. The summed E-state index contributed by atoms with van der Waals surface area (Å²) in [4.78, 5) is 31.6. The zero-order valence-electron chi connectivity index (χ0n) is 19.6. The van der Waals surface area contributed by atoms with E-state index in [1.807, 2.05) is 20.8 Å². The largest absolute Gasteiger partial charge is 0.449 e. The van der Waals surface area contributed by atoms with E-state index in [2.05, 4.69) is 10.3 Å². The van der Waals surface area contributed by atoms with E-state index in [1.54, 1.807) is 19.9 Å². The Hall–Kier alpha value is -3.36. The standard InChI is InChI=1S/C25H26F3N3O3/c1-23(2,3)16-12-17(14-6-8-15(9-7-14)25(26,27)28)30-18-13-19(34-20(16)18)21(32)31-11-10-29-22(33)24(31,4)5/h6-9,12-13H,10-11H2,1-5H3,(H,29,33). The second-order valence-corrected chi connectivity index (χ2v) is 9.98. The van der Waals surface area contributed by atoms with Crippen molar-refractivity contribution in [2.75, 3.05) is 13.1 Å². The van der Waals surface area contributed by atoms with Gasteiger partial charge in [0.05, 0.1) is 11.3 Å². The molecule has 1 saturated heterocycles. The molecule has 1 fully saturated rings. The molecule has 1 aliphatic heterocycles. The summed E-state index contributed by atoms with van der Waals surface area (Å²) < 4.78 is 44.9. The molecule has 0 atom stereocenters. The first-order chi connectivity index (χ1) is 15.7. The highest BCUT2D eigenvalue weighted by Crippen LogP contribution is 2.36. The fourth-order valence-electron chi connectivity index (χ4n) is 4.05. The van der Waals surface area contributed by atoms with Crippen LogP contribution in [0.1, 0.15) is 56.3 Å². The normalized spacial score (nSPS) is 16.6. The number of rotatable bonds is 2. The molecule has 6 nitrogen and oxygen atoms in total. The van der Waals surface area contributed by atoms with Gasteiger partial charge >= 0.3 is 6.18 Å². The molecule has 0 spiro atoms. The highest BCUT2D eigenvalue weighted by atomic mass is 19.4. The van der Waals surface area contributed by atoms with Crippen LogP contribution in [0.3, 0.4) is 0 Å². The third-order valence-electron chi connectivity index (χ3n) is 6.10. The fourth-order valence-corrected chi connectivity index (χ4v) is 4.05. The summed E-state index contributed by atoms with van der Waals surface area (Å²) in [5, 5.41) is 2.76. The number of amides is 2. The molecule has 1 N–H and O–H groups in total. The van der Waals surface area contributed by atoms with Crippen molar-refractivity contribution in [1.29, 1.82) is 0 Å². The SMILES string of the molecule is CC(C)(C)c1cc(-c2ccc(C(F)(F)F)cc2)nc2cc(C(=O)N3CCNC(=O)C3(C)C)oc12. The van der Waals surface area contributed by atoms with Gasteiger partial charge in [0.1, 0.15) is 11.1 Å². The zero-order valence-corrected chi connectivity index (χ0v) is 19.6. The number of nitrogens with zero attached hydrogens (tertiary/aromatic N) is 2. The van der Waals surface area contributed by atoms with Crippen LogP contribution in [0, 0.1) is 0 Å². The van der Waals surface area contributed by atoms with Crippen LogP contribution in [0.5, 0.6) is 0 Å². The lowest BCUT2D eigenvalue weighted by Crippen LogP contribution is -2.63. The number of piperazine rings is 1. The minimum atomic E-state index is -4.43. The third kappa shape index (κ3) is 4.15. The Morgan fingerprint density at radius 2 is 1.76 bits per heavy atom. The van der Waals surface area contributed by atoms with Crippen molar-refractivity contribution in [1.82, 2.24) is 15.2 Å². The van der Waals surface area contributed by atoms with Crippen LogP contribution in [0.25, 0.3) is 22.4 Å². The van der Waals surface area contributed by atoms with Gasteiger partial charge < -0.3 is 14.6 Å². The minimum Gasteiger partial charge on any atom is -0.449 e. The highest BCUT2D eigenvalue weighted by Gasteiger charge is 2.42. The Morgan fingerprint density at radius 1 is 1.12 bits per heavy atom. The molecule has 1 aromatic carbocycles. The molecule has 34 heavy (non-hydrogen) atoms. The molecule has 3 aromatic rings. The average molecular weight is 473 g/mol. The third-order valence-corrected chi connectivity index (χ3v) is 6.10. The number of alkyl halides is 3. The van der Waals surface area contributed by atoms with Gasteiger partial charge in [-0.1, -0.05) is 32.9 Å². The predicted molar refractivity (Wildman–Crippen MR) is 121 cm³/mol. The van der Waals surface area contributed by atoms with Crippen LogP contribution in [0.2, 0.25) is 0 Å². The lowest BCUT2D eigenvalue weighted by molar-refractivity contribution is -0.137. The molecule has 9 heteroatoms. The van der Waals surface area contributed by atoms with E-state index in [0.29, 0.717) is 35.4 Å². The number of hydrogen-bond donors (Lipinski definition) is 1. The number of halogens is 3. The Kier molecular flexibility index (Phi) is 5.49. The molecular formula is C25H26F3N3O3. The molecule has 3 heterocycles. The Bertz CT molecular complexity index is 1270. The summed E-state index contributed by atoms with van der Waals surface area (Å²) in [6, 6.07) is 8.11. The van der Waals surface area contributed by atoms with Crippen molar-refractivity contribution in [2.45, 2.75) is 51.7 Å². The molecule has 1 aliphatic rings. The number of benzene rings is 1. The smallest absolute Gasteiger partial charge is 0.416 e. The van der Waals surface area contributed by atoms with Gasteiger partial charge in [-0.2, -0.15) is 13.2 Å². The second kappa shape index (κ2) is 7.85. The lowest BCUT2D eigenvalue weighted by Gasteiger charge is -2.40. The van der Waals surface area contributed by atoms with Crippen LogP contribution >= 0.6 is 0 Å². The van der Waals surface area contributed by atoms with Crippen molar-refractivity contribution in [3.8, 4) is 11.3 Å². The van der Waals surface area contributed by atoms with E-state index in [4.69, 9.17) is 4.42 Å². The molecule has 0 aliphatic carbocycles. The number of aromatic nitrogens is 1. The number of carbonyl (C=O) groups is 2. The van der Waals surface area contributed by atoms with Gasteiger partial charge in [-0.3, -0.25) is 9.59 Å². The maximum Gasteiger partial charge on any atom is 0.416 e. The molecule has 180 valence electrons. The van der Waals surface area contributed by atoms with Gasteiger partial charge in [0.25, 0.3) is 5.91 Å². The second-order valence-electron chi connectivity index (χ2n) is 9.98. The number of hydrogen-bond acceptors (Lipinski definition) is 4. The predicted octanol–water partition coefficient (Wildman–Crippen LogP) is 5.16. The average Bonchev–Trinajstić information content (AvgIpc) is 3.17. The van der Waals surface area contributed by atoms with Gasteiger partial charge in [0.15, 0.2) is 11.3 Å². The molecule has 4 rings (SSSR count). The van der Waals surface area contributed by atoms with Crippen molar-refractivity contribution < 1.29 is 27.2 Å². The van der Waals surface area contributed by atoms with Gasteiger partial charge in [-0.15, -0.1) is 0 Å². The lowest BCUT2D eigenvalue weighted by atomic mass is 9.86. The molecule has 0 saturated carbocycles. The molecule has 0 radical (unpaired) electrons. The van der Waals surface area contributed by atoms with E-state index >= 15 is 0 Å². The van der Waals surface area contributed by atoms with Crippen LogP contribution in [-0.2, 0) is 16.4 Å². The molecule has 0 unspecified atom stereocenters. The Labute approximate surface area is 195 Å². The van der Waals surface area contributed by atoms with E-state index in [0.717, 1.165) is 17.7 Å². The van der Waals surface area contributed by atoms with E-state index in [-0.39, 0.29) is 11.7 Å². The summed E-state index contributed by atoms with van der Waals surface area (Å²) in [5.74, 6) is -0.615. The number of carbonyl (C=O) groups excluding carboxylic acids is 2. The Balaban J connectivity index is 1.80. The van der Waals surface area contributed by atoms with Gasteiger partial charge in [0, 0.05) is 30.3 Å². The number of pyridine rings is 1. The van der Waals surface area contributed by atoms with Crippen molar-refractivity contribution in [3.05, 3.63) is 53.3 Å². The van der Waals surface area contributed by atoms with Gasteiger partial charge in [0.2, 0.25) is 5.91 Å². The summed E-state index contributed by atoms with van der Waals surface area (Å²) in [6.07, 6.45) is -4.43. The minimum absolute atomic E-state index is 0.0559. The molecule has 2 amide bonds. The summed E-state index contributed by atoms with van der Waals surface area (Å²) in [7, 11) is 0. The van der Waals surface area contributed by atoms with E-state index < -0.39 is 28.6 Å². The summed E-state index contributed by atoms with van der Waals surface area (Å²) in [6.45, 7) is 9.94. The molecular weight excluding hydrogens is 447 g/mol. The topological polar surface area (TPSA) is 75.4 Å². The highest BCUT2D eigenvalue weighted by molar-refractivity contribution is 6.00. The van der Waals surface area contributed by atoms with Crippen LogP contribution < -0.4 is 5.32 Å². The zero-order chi connectivity index (χ0) is 25.1. The summed E-state index contributed by atoms with van der Waals surface area (Å²) in [5.41, 5.74) is 0.437. The molecule has 2 aromatic heterocycles. The van der Waals surface area contributed by atoms with Crippen molar-refractivity contribution >= 4 is 22.9 Å². The first-order valence-electron chi connectivity index (χ1n) is 10.9. The van der Waals surface area contributed by atoms with E-state index in [1.165, 1.54) is 23.1 Å². The van der Waals surface area contributed by atoms with Crippen LogP contribution in [0.15, 0.2) is 40.8 Å².